The molecule has 0 heterocycles. The summed E-state index contributed by atoms with van der Waals surface area (Å²) in [6, 6.07) is 2.05. The Hall–Kier alpha value is 0.400. The van der Waals surface area contributed by atoms with Gasteiger partial charge in [0.1, 0.15) is 0 Å². The largest absolute Gasteiger partial charge is 1.00 e. The number of unbranched alkanes of at least 4 members (excludes halogenated alkanes) is 5. The molecule has 0 unspecified atom stereocenters. The van der Waals surface area contributed by atoms with E-state index in [2.05, 4.69) is 0 Å². The van der Waals surface area contributed by atoms with Crippen molar-refractivity contribution < 1.29 is 44.0 Å². The zero-order chi connectivity index (χ0) is 10.2. The van der Waals surface area contributed by atoms with Gasteiger partial charge in [0.25, 0.3) is 10.1 Å². The molecule has 0 aromatic rings. The third kappa shape index (κ3) is 14.9. The van der Waals surface area contributed by atoms with Crippen LogP contribution in [-0.4, -0.2) is 18.7 Å². The molecule has 0 aliphatic heterocycles. The van der Waals surface area contributed by atoms with Crippen LogP contribution in [-0.2, 0) is 10.1 Å². The van der Waals surface area contributed by atoms with Gasteiger partial charge in [-0.1, -0.05) is 19.3 Å². The average molecular weight is 229 g/mol. The molecule has 4 nitrogen and oxygen atoms in total. The third-order valence-electron chi connectivity index (χ3n) is 1.69. The van der Waals surface area contributed by atoms with Gasteiger partial charge in [-0.25, -0.2) is 0 Å². The van der Waals surface area contributed by atoms with Crippen LogP contribution in [0.4, 0.5) is 0 Å². The van der Waals surface area contributed by atoms with Crippen LogP contribution >= 0.6 is 0 Å². The summed E-state index contributed by atoms with van der Waals surface area (Å²) in [5.74, 6) is -0.148. The summed E-state index contributed by atoms with van der Waals surface area (Å²) >= 11 is 0. The first-order valence-corrected chi connectivity index (χ1v) is 5.99. The first-order chi connectivity index (χ1) is 6.06. The Kier molecular flexibility index (Phi) is 11.9. The topological polar surface area (TPSA) is 78.2 Å². The fourth-order valence-corrected chi connectivity index (χ4v) is 1.59. The molecule has 14 heavy (non-hydrogen) atoms. The molecule has 0 aromatic heterocycles. The Bertz CT molecular complexity index is 264. The van der Waals surface area contributed by atoms with Gasteiger partial charge in [0.05, 0.1) is 11.8 Å². The van der Waals surface area contributed by atoms with Crippen molar-refractivity contribution in [2.24, 2.45) is 0 Å². The van der Waals surface area contributed by atoms with Crippen molar-refractivity contribution in [1.29, 1.82) is 5.26 Å². The molecule has 0 atom stereocenters. The molecular formula is C8H16NNaO3S. The first-order valence-electron chi connectivity index (χ1n) is 4.38. The number of rotatable bonds is 7. The number of hydrogen-bond donors (Lipinski definition) is 1. The van der Waals surface area contributed by atoms with Gasteiger partial charge in [-0.05, 0) is 12.8 Å². The van der Waals surface area contributed by atoms with E-state index < -0.39 is 10.1 Å². The zero-order valence-corrected chi connectivity index (χ0v) is 11.4. The molecule has 0 aromatic carbocycles. The summed E-state index contributed by atoms with van der Waals surface area (Å²) in [6.45, 7) is 0. The number of hydrogen-bond acceptors (Lipinski definition) is 3. The summed E-state index contributed by atoms with van der Waals surface area (Å²) in [7, 11) is -3.77. The second-order valence-corrected chi connectivity index (χ2v) is 4.53. The van der Waals surface area contributed by atoms with Crippen LogP contribution in [0.3, 0.4) is 0 Å². The minimum atomic E-state index is -3.77. The Morgan fingerprint density at radius 1 is 1.14 bits per heavy atom. The van der Waals surface area contributed by atoms with Crippen LogP contribution in [0.2, 0.25) is 0 Å². The van der Waals surface area contributed by atoms with E-state index in [1.54, 1.807) is 0 Å². The van der Waals surface area contributed by atoms with Crippen LogP contribution in [0.1, 0.15) is 40.0 Å². The molecule has 6 heteroatoms. The fraction of sp³-hybridized carbons (Fsp3) is 0.875. The molecule has 0 saturated heterocycles. The molecule has 0 saturated carbocycles. The van der Waals surface area contributed by atoms with E-state index in [1.165, 1.54) is 0 Å². The van der Waals surface area contributed by atoms with Crippen molar-refractivity contribution in [3.8, 4) is 6.07 Å². The minimum Gasteiger partial charge on any atom is -1.00 e. The van der Waals surface area contributed by atoms with E-state index in [9.17, 15) is 8.42 Å². The molecule has 0 fully saturated rings. The maximum Gasteiger partial charge on any atom is 1.00 e. The SMILES string of the molecule is N#CCCCCCCCS(=O)(=O)O.[H-].[Na+]. The Balaban J connectivity index is -0.000000720. The molecule has 0 spiro atoms. The standard InChI is InChI=1S/C8H15NO3S.Na.H/c9-7-5-3-1-2-4-6-8-13(10,11)12;;/h1-6,8H2,(H,10,11,12);;/q;+1;-1. The summed E-state index contributed by atoms with van der Waals surface area (Å²) in [5, 5.41) is 8.21. The molecule has 0 radical (unpaired) electrons. The maximum atomic E-state index is 10.3. The van der Waals surface area contributed by atoms with E-state index in [0.717, 1.165) is 25.7 Å². The van der Waals surface area contributed by atoms with Gasteiger partial charge < -0.3 is 1.43 Å². The molecule has 0 amide bonds. The zero-order valence-electron chi connectivity index (χ0n) is 9.57. The van der Waals surface area contributed by atoms with Crippen LogP contribution in [0.25, 0.3) is 0 Å². The summed E-state index contributed by atoms with van der Waals surface area (Å²) < 4.78 is 28.9. The Labute approximate surface area is 109 Å². The van der Waals surface area contributed by atoms with Crippen molar-refractivity contribution in [3.63, 3.8) is 0 Å². The second-order valence-electron chi connectivity index (χ2n) is 2.96. The Morgan fingerprint density at radius 2 is 1.64 bits per heavy atom. The van der Waals surface area contributed by atoms with Gasteiger partial charge >= 0.3 is 29.6 Å². The van der Waals surface area contributed by atoms with E-state index >= 15 is 0 Å². The van der Waals surface area contributed by atoms with Gasteiger partial charge in [-0.15, -0.1) is 0 Å². The molecule has 78 valence electrons. The third-order valence-corrected chi connectivity index (χ3v) is 2.50. The van der Waals surface area contributed by atoms with Crippen LogP contribution in [0.5, 0.6) is 0 Å². The predicted molar refractivity (Wildman–Crippen MR) is 50.8 cm³/mol. The number of nitrogens with zero attached hydrogens (tertiary/aromatic N) is 1. The van der Waals surface area contributed by atoms with E-state index in [1.807, 2.05) is 6.07 Å². The van der Waals surface area contributed by atoms with Crippen molar-refractivity contribution in [2.45, 2.75) is 38.5 Å². The average Bonchev–Trinajstić information content (AvgIpc) is 2.01. The Morgan fingerprint density at radius 3 is 2.14 bits per heavy atom. The first kappa shape index (κ1) is 16.8. The molecule has 1 N–H and O–H groups in total. The van der Waals surface area contributed by atoms with Gasteiger partial charge in [0, 0.05) is 6.42 Å². The van der Waals surface area contributed by atoms with Gasteiger partial charge in [0.15, 0.2) is 0 Å². The molecular weight excluding hydrogens is 213 g/mol. The van der Waals surface area contributed by atoms with Crippen molar-refractivity contribution in [1.82, 2.24) is 0 Å². The van der Waals surface area contributed by atoms with Gasteiger partial charge in [-0.3, -0.25) is 4.55 Å². The normalized spacial score (nSPS) is 10.3. The van der Waals surface area contributed by atoms with Gasteiger partial charge in [-0.2, -0.15) is 13.7 Å². The molecule has 0 bridgehead atoms. The monoisotopic (exact) mass is 229 g/mol. The molecule has 0 rings (SSSR count). The molecule has 0 aliphatic rings. The summed E-state index contributed by atoms with van der Waals surface area (Å²) in [6.07, 6.45) is 4.63. The minimum absolute atomic E-state index is 0. The predicted octanol–water partition coefficient (Wildman–Crippen LogP) is -1.15. The number of nitriles is 1. The summed E-state index contributed by atoms with van der Waals surface area (Å²) in [5.41, 5.74) is 0. The smallest absolute Gasteiger partial charge is 1.00 e. The van der Waals surface area contributed by atoms with Gasteiger partial charge in [0.2, 0.25) is 0 Å². The maximum absolute atomic E-state index is 10.3. The van der Waals surface area contributed by atoms with Crippen LogP contribution in [0.15, 0.2) is 0 Å². The van der Waals surface area contributed by atoms with Crippen LogP contribution in [0, 0.1) is 11.3 Å². The van der Waals surface area contributed by atoms with E-state index in [4.69, 9.17) is 9.81 Å². The molecule has 0 aliphatic carbocycles. The van der Waals surface area contributed by atoms with E-state index in [0.29, 0.717) is 12.8 Å². The fourth-order valence-electron chi connectivity index (χ4n) is 1.02. The summed E-state index contributed by atoms with van der Waals surface area (Å²) in [4.78, 5) is 0. The quantitative estimate of drug-likeness (QED) is 0.340. The van der Waals surface area contributed by atoms with Crippen molar-refractivity contribution in [2.75, 3.05) is 5.75 Å². The second kappa shape index (κ2) is 9.94. The van der Waals surface area contributed by atoms with Crippen molar-refractivity contribution in [3.05, 3.63) is 0 Å². The van der Waals surface area contributed by atoms with Crippen LogP contribution < -0.4 is 29.6 Å². The van der Waals surface area contributed by atoms with Crippen molar-refractivity contribution >= 4 is 10.1 Å². The van der Waals surface area contributed by atoms with E-state index in [-0.39, 0.29) is 36.7 Å².